The van der Waals surface area contributed by atoms with Gasteiger partial charge in [0.1, 0.15) is 0 Å². The van der Waals surface area contributed by atoms with Crippen molar-refractivity contribution in [3.05, 3.63) is 70.8 Å². The second-order valence-corrected chi connectivity index (χ2v) is 9.25. The van der Waals surface area contributed by atoms with Gasteiger partial charge in [-0.1, -0.05) is 48.5 Å². The first-order valence-corrected chi connectivity index (χ1v) is 13.3. The summed E-state index contributed by atoms with van der Waals surface area (Å²) in [7, 11) is 0. The van der Waals surface area contributed by atoms with Crippen molar-refractivity contribution in [2.45, 2.75) is 51.9 Å². The summed E-state index contributed by atoms with van der Waals surface area (Å²) in [4.78, 5) is 0. The molecule has 4 bridgehead atoms. The molecule has 0 saturated heterocycles. The fraction of sp³-hybridized carbons (Fsp3) is 0.571. The number of rotatable bonds is 0. The highest BCUT2D eigenvalue weighted by atomic mass is 14.9. The van der Waals surface area contributed by atoms with Crippen molar-refractivity contribution < 1.29 is 0 Å². The molecule has 34 heavy (non-hydrogen) atoms. The molecule has 188 valence electrons. The largest absolute Gasteiger partial charge is 0.317 e. The number of hydrogen-bond acceptors (Lipinski definition) is 6. The summed E-state index contributed by atoms with van der Waals surface area (Å²) < 4.78 is 0. The zero-order chi connectivity index (χ0) is 23.5. The van der Waals surface area contributed by atoms with Gasteiger partial charge in [-0.05, 0) is 100 Å². The van der Waals surface area contributed by atoms with Gasteiger partial charge in [0.05, 0.1) is 0 Å². The zero-order valence-corrected chi connectivity index (χ0v) is 20.9. The lowest BCUT2D eigenvalue weighted by Gasteiger charge is -2.10. The molecule has 2 aromatic carbocycles. The van der Waals surface area contributed by atoms with Crippen LogP contribution >= 0.6 is 0 Å². The molecule has 6 heteroatoms. The van der Waals surface area contributed by atoms with Gasteiger partial charge in [0.2, 0.25) is 0 Å². The summed E-state index contributed by atoms with van der Waals surface area (Å²) in [6.07, 6.45) is 4.63. The smallest absolute Gasteiger partial charge is 0.0205 e. The minimum Gasteiger partial charge on any atom is -0.317 e. The molecule has 6 nitrogen and oxygen atoms in total. The lowest BCUT2D eigenvalue weighted by molar-refractivity contribution is 0.563. The van der Waals surface area contributed by atoms with Gasteiger partial charge in [0.25, 0.3) is 0 Å². The molecule has 0 amide bonds. The van der Waals surface area contributed by atoms with Crippen molar-refractivity contribution >= 4 is 0 Å². The highest BCUT2D eigenvalue weighted by molar-refractivity contribution is 5.23. The fourth-order valence-electron chi connectivity index (χ4n) is 4.08. The van der Waals surface area contributed by atoms with Crippen molar-refractivity contribution in [1.82, 2.24) is 31.9 Å². The summed E-state index contributed by atoms with van der Waals surface area (Å²) in [5, 5.41) is 21.4. The molecule has 0 saturated carbocycles. The van der Waals surface area contributed by atoms with Gasteiger partial charge in [-0.15, -0.1) is 0 Å². The zero-order valence-electron chi connectivity index (χ0n) is 20.9. The van der Waals surface area contributed by atoms with Crippen molar-refractivity contribution in [3.8, 4) is 0 Å². The Kier molecular flexibility index (Phi) is 13.9. The molecule has 0 spiro atoms. The quantitative estimate of drug-likeness (QED) is 0.359. The van der Waals surface area contributed by atoms with Crippen LogP contribution in [0.25, 0.3) is 0 Å². The summed E-state index contributed by atoms with van der Waals surface area (Å²) in [5.74, 6) is 0. The summed E-state index contributed by atoms with van der Waals surface area (Å²) in [6.45, 7) is 12.3. The SMILES string of the molecule is c1cc2ccc1CNCCCNCCCNCc1ccc(cc1)CNCCCNCCCNC2. The Bertz CT molecular complexity index is 619. The molecule has 0 unspecified atom stereocenters. The van der Waals surface area contributed by atoms with Crippen LogP contribution in [0.4, 0.5) is 0 Å². The molecule has 0 radical (unpaired) electrons. The third kappa shape index (κ3) is 12.1. The molecule has 0 aromatic heterocycles. The maximum Gasteiger partial charge on any atom is 0.0205 e. The Labute approximate surface area is 207 Å². The average molecular weight is 467 g/mol. The molecule has 2 aromatic rings. The van der Waals surface area contributed by atoms with E-state index >= 15 is 0 Å². The Morgan fingerprint density at radius 1 is 0.294 bits per heavy atom. The van der Waals surface area contributed by atoms with Crippen LogP contribution in [0.5, 0.6) is 0 Å². The second-order valence-electron chi connectivity index (χ2n) is 9.25. The molecule has 6 N–H and O–H groups in total. The highest BCUT2D eigenvalue weighted by Gasteiger charge is 1.98. The van der Waals surface area contributed by atoms with Gasteiger partial charge in [-0.25, -0.2) is 0 Å². The molecule has 6 rings (SSSR count). The van der Waals surface area contributed by atoms with E-state index < -0.39 is 0 Å². The monoisotopic (exact) mass is 466 g/mol. The lowest BCUT2D eigenvalue weighted by Crippen LogP contribution is -2.25. The lowest BCUT2D eigenvalue weighted by atomic mass is 10.1. The topological polar surface area (TPSA) is 72.2 Å². The Morgan fingerprint density at radius 3 is 0.735 bits per heavy atom. The predicted molar refractivity (Wildman–Crippen MR) is 144 cm³/mol. The van der Waals surface area contributed by atoms with E-state index in [1.54, 1.807) is 0 Å². The van der Waals surface area contributed by atoms with E-state index in [9.17, 15) is 0 Å². The van der Waals surface area contributed by atoms with Crippen LogP contribution in [-0.4, -0.2) is 52.4 Å². The molecule has 0 aliphatic carbocycles. The normalized spacial score (nSPS) is 19.5. The van der Waals surface area contributed by atoms with E-state index in [1.807, 2.05) is 0 Å². The van der Waals surface area contributed by atoms with Crippen molar-refractivity contribution in [2.24, 2.45) is 0 Å². The van der Waals surface area contributed by atoms with Crippen molar-refractivity contribution in [1.29, 1.82) is 0 Å². The third-order valence-corrected chi connectivity index (χ3v) is 6.19. The Balaban J connectivity index is 1.36. The van der Waals surface area contributed by atoms with E-state index in [2.05, 4.69) is 80.4 Å². The number of nitrogens with one attached hydrogen (secondary N) is 6. The van der Waals surface area contributed by atoms with E-state index in [1.165, 1.54) is 22.3 Å². The van der Waals surface area contributed by atoms with Gasteiger partial charge < -0.3 is 31.9 Å². The third-order valence-electron chi connectivity index (χ3n) is 6.19. The Morgan fingerprint density at radius 2 is 0.500 bits per heavy atom. The molecular formula is C28H46N6. The maximum atomic E-state index is 3.56. The molecule has 4 aliphatic heterocycles. The maximum absolute atomic E-state index is 3.56. The van der Waals surface area contributed by atoms with Gasteiger partial charge in [-0.3, -0.25) is 0 Å². The summed E-state index contributed by atoms with van der Waals surface area (Å²) in [6, 6.07) is 18.0. The number of benzene rings is 2. The van der Waals surface area contributed by atoms with Gasteiger partial charge in [0, 0.05) is 26.2 Å². The number of hydrogen-bond donors (Lipinski definition) is 6. The van der Waals surface area contributed by atoms with Crippen LogP contribution in [0.2, 0.25) is 0 Å². The first-order chi connectivity index (χ1) is 16.9. The van der Waals surface area contributed by atoms with E-state index in [0.29, 0.717) is 0 Å². The van der Waals surface area contributed by atoms with E-state index in [0.717, 1.165) is 104 Å². The van der Waals surface area contributed by atoms with Crippen LogP contribution in [0.1, 0.15) is 47.9 Å². The van der Waals surface area contributed by atoms with E-state index in [4.69, 9.17) is 0 Å². The van der Waals surface area contributed by atoms with Gasteiger partial charge >= 0.3 is 0 Å². The average Bonchev–Trinajstić information content (AvgIpc) is 2.87. The minimum absolute atomic E-state index is 0.944. The van der Waals surface area contributed by atoms with Crippen LogP contribution in [0.3, 0.4) is 0 Å². The molecule has 0 fully saturated rings. The van der Waals surface area contributed by atoms with Crippen LogP contribution in [-0.2, 0) is 26.2 Å². The van der Waals surface area contributed by atoms with Gasteiger partial charge in [-0.2, -0.15) is 0 Å². The molecule has 0 atom stereocenters. The molecule has 4 heterocycles. The summed E-state index contributed by atoms with van der Waals surface area (Å²) >= 11 is 0. The van der Waals surface area contributed by atoms with Crippen LogP contribution in [0.15, 0.2) is 48.5 Å². The Hall–Kier alpha value is -1.80. The first-order valence-electron chi connectivity index (χ1n) is 13.3. The fourth-order valence-corrected chi connectivity index (χ4v) is 4.08. The first kappa shape index (κ1) is 26.8. The van der Waals surface area contributed by atoms with Crippen LogP contribution in [0, 0.1) is 0 Å². The van der Waals surface area contributed by atoms with Gasteiger partial charge in [0.15, 0.2) is 0 Å². The summed E-state index contributed by atoms with van der Waals surface area (Å²) in [5.41, 5.74) is 5.43. The second kappa shape index (κ2) is 17.6. The standard InChI is InChI=1S/C28H46N6/c1-13-29-14-2-18-32-22-27-9-11-28(12-10-27)24-34-20-4-16-30-15-3-19-33-23-26-7-5-25(6-8-26)21-31-17-1/h5-12,29-34H,1-4,13-24H2. The van der Waals surface area contributed by atoms with E-state index in [-0.39, 0.29) is 0 Å². The van der Waals surface area contributed by atoms with Crippen molar-refractivity contribution in [2.75, 3.05) is 52.4 Å². The van der Waals surface area contributed by atoms with Crippen LogP contribution < -0.4 is 31.9 Å². The highest BCUT2D eigenvalue weighted by Crippen LogP contribution is 2.05. The minimum atomic E-state index is 0.944. The molecular weight excluding hydrogens is 420 g/mol. The predicted octanol–water partition coefficient (Wildman–Crippen LogP) is 2.50. The molecule has 4 aliphatic rings. The van der Waals surface area contributed by atoms with Crippen molar-refractivity contribution in [3.63, 3.8) is 0 Å².